The fraction of sp³-hybridized carbons (Fsp3) is 1.00. The smallest absolute Gasteiger partial charge is 0.0695 e. The van der Waals surface area contributed by atoms with Crippen molar-refractivity contribution in [3.63, 3.8) is 0 Å². The Balaban J connectivity index is 1.96. The number of likely N-dealkylation sites (N-methyl/N-ethyl adjacent to an activating group) is 1. The number of nitrogens with zero attached hydrogens (tertiary/aromatic N) is 1. The lowest BCUT2D eigenvalue weighted by Gasteiger charge is -2.43. The highest BCUT2D eigenvalue weighted by Crippen LogP contribution is 2.26. The summed E-state index contributed by atoms with van der Waals surface area (Å²) in [5.41, 5.74) is 0. The Morgan fingerprint density at radius 3 is 2.44 bits per heavy atom. The first-order valence-corrected chi connectivity index (χ1v) is 6.97. The Hall–Kier alpha value is -0.120. The van der Waals surface area contributed by atoms with Crippen molar-refractivity contribution in [3.8, 4) is 0 Å². The van der Waals surface area contributed by atoms with Crippen molar-refractivity contribution in [2.24, 2.45) is 0 Å². The van der Waals surface area contributed by atoms with Crippen LogP contribution in [0.4, 0.5) is 0 Å². The molecule has 1 aliphatic carbocycles. The minimum Gasteiger partial charge on any atom is -0.391 e. The van der Waals surface area contributed by atoms with Crippen LogP contribution in [-0.4, -0.2) is 47.8 Å². The summed E-state index contributed by atoms with van der Waals surface area (Å²) < 4.78 is 0. The first kappa shape index (κ1) is 12.3. The lowest BCUT2D eigenvalue weighted by Crippen LogP contribution is -2.53. The minimum absolute atomic E-state index is 0.0800. The number of rotatable bonds is 3. The van der Waals surface area contributed by atoms with E-state index in [0.717, 1.165) is 26.1 Å². The van der Waals surface area contributed by atoms with Gasteiger partial charge in [-0.15, -0.1) is 0 Å². The van der Waals surface area contributed by atoms with Gasteiger partial charge in [0.1, 0.15) is 0 Å². The van der Waals surface area contributed by atoms with E-state index in [-0.39, 0.29) is 6.10 Å². The van der Waals surface area contributed by atoms with Gasteiger partial charge in [-0.05, 0) is 45.3 Å². The van der Waals surface area contributed by atoms with Crippen molar-refractivity contribution >= 4 is 0 Å². The molecule has 94 valence electrons. The monoisotopic (exact) mass is 226 g/mol. The van der Waals surface area contributed by atoms with Gasteiger partial charge in [-0.3, -0.25) is 4.90 Å². The number of piperidine rings is 1. The molecule has 0 bridgehead atoms. The lowest BCUT2D eigenvalue weighted by molar-refractivity contribution is -0.00560. The Labute approximate surface area is 99.2 Å². The molecule has 2 aliphatic rings. The number of hydrogen-bond donors (Lipinski definition) is 2. The maximum atomic E-state index is 10.1. The molecule has 0 aromatic heterocycles. The minimum atomic E-state index is -0.0800. The number of aliphatic hydroxyl groups excluding tert-OH is 1. The Morgan fingerprint density at radius 2 is 1.81 bits per heavy atom. The molecule has 2 unspecified atom stereocenters. The molecule has 16 heavy (non-hydrogen) atoms. The summed E-state index contributed by atoms with van der Waals surface area (Å²) >= 11 is 0. The normalized spacial score (nSPS) is 33.2. The molecule has 1 aliphatic heterocycles. The van der Waals surface area contributed by atoms with Gasteiger partial charge in [0.15, 0.2) is 0 Å². The first-order chi connectivity index (χ1) is 7.83. The Morgan fingerprint density at radius 1 is 1.12 bits per heavy atom. The predicted octanol–water partition coefficient (Wildman–Crippen LogP) is 1.36. The second-order valence-electron chi connectivity index (χ2n) is 5.23. The number of nitrogens with one attached hydrogen (secondary N) is 1. The molecule has 1 saturated heterocycles. The van der Waals surface area contributed by atoms with Crippen LogP contribution in [0.25, 0.3) is 0 Å². The molecule has 2 fully saturated rings. The van der Waals surface area contributed by atoms with Crippen LogP contribution in [-0.2, 0) is 0 Å². The van der Waals surface area contributed by atoms with Crippen molar-refractivity contribution in [1.82, 2.24) is 10.2 Å². The molecule has 2 atom stereocenters. The molecule has 0 radical (unpaired) electrons. The van der Waals surface area contributed by atoms with E-state index in [2.05, 4.69) is 17.1 Å². The summed E-state index contributed by atoms with van der Waals surface area (Å²) in [7, 11) is 0. The van der Waals surface area contributed by atoms with Gasteiger partial charge in [0.2, 0.25) is 0 Å². The number of aliphatic hydroxyl groups is 1. The third-order valence-corrected chi connectivity index (χ3v) is 4.26. The van der Waals surface area contributed by atoms with Crippen molar-refractivity contribution in [1.29, 1.82) is 0 Å². The summed E-state index contributed by atoms with van der Waals surface area (Å²) in [5.74, 6) is 0. The van der Waals surface area contributed by atoms with Gasteiger partial charge >= 0.3 is 0 Å². The number of hydrogen-bond acceptors (Lipinski definition) is 3. The van der Waals surface area contributed by atoms with Crippen LogP contribution in [0.15, 0.2) is 0 Å². The average Bonchev–Trinajstić information content (AvgIpc) is 2.34. The molecule has 2 rings (SSSR count). The van der Waals surface area contributed by atoms with E-state index < -0.39 is 0 Å². The molecule has 2 N–H and O–H groups in total. The van der Waals surface area contributed by atoms with Crippen LogP contribution in [0, 0.1) is 0 Å². The Kier molecular flexibility index (Phi) is 4.62. The predicted molar refractivity (Wildman–Crippen MR) is 66.5 cm³/mol. The molecular weight excluding hydrogens is 200 g/mol. The van der Waals surface area contributed by atoms with Crippen LogP contribution in [0.5, 0.6) is 0 Å². The summed E-state index contributed by atoms with van der Waals surface area (Å²) in [4.78, 5) is 2.57. The summed E-state index contributed by atoms with van der Waals surface area (Å²) in [6, 6.07) is 1.13. The second kappa shape index (κ2) is 5.99. The van der Waals surface area contributed by atoms with Crippen molar-refractivity contribution in [2.75, 3.05) is 19.6 Å². The summed E-state index contributed by atoms with van der Waals surface area (Å²) in [6.45, 7) is 5.61. The zero-order valence-corrected chi connectivity index (χ0v) is 10.5. The standard InChI is InChI=1S/C13H26N2O/c1-2-15(11-7-9-14-10-8-11)12-5-3-4-6-13(12)16/h11-14,16H,2-10H2,1H3. The van der Waals surface area contributed by atoms with Gasteiger partial charge in [0.25, 0.3) is 0 Å². The van der Waals surface area contributed by atoms with Gasteiger partial charge in [-0.2, -0.15) is 0 Å². The average molecular weight is 226 g/mol. The fourth-order valence-corrected chi connectivity index (χ4v) is 3.38. The topological polar surface area (TPSA) is 35.5 Å². The molecule has 0 aromatic rings. The SMILES string of the molecule is CCN(C1CCNCC1)C1CCCCC1O. The van der Waals surface area contributed by atoms with Crippen molar-refractivity contribution in [3.05, 3.63) is 0 Å². The third-order valence-electron chi connectivity index (χ3n) is 4.26. The van der Waals surface area contributed by atoms with E-state index in [1.165, 1.54) is 32.1 Å². The maximum absolute atomic E-state index is 10.1. The molecule has 3 nitrogen and oxygen atoms in total. The van der Waals surface area contributed by atoms with Crippen LogP contribution in [0.2, 0.25) is 0 Å². The van der Waals surface area contributed by atoms with Crippen LogP contribution < -0.4 is 5.32 Å². The zero-order valence-electron chi connectivity index (χ0n) is 10.5. The molecule has 1 heterocycles. The van der Waals surface area contributed by atoms with E-state index in [1.54, 1.807) is 0 Å². The quantitative estimate of drug-likeness (QED) is 0.763. The molecule has 0 aromatic carbocycles. The Bertz CT molecular complexity index is 204. The maximum Gasteiger partial charge on any atom is 0.0695 e. The molecule has 3 heteroatoms. The lowest BCUT2D eigenvalue weighted by atomic mass is 9.89. The fourth-order valence-electron chi connectivity index (χ4n) is 3.38. The summed E-state index contributed by atoms with van der Waals surface area (Å²) in [5, 5.41) is 13.6. The van der Waals surface area contributed by atoms with E-state index in [9.17, 15) is 5.11 Å². The highest BCUT2D eigenvalue weighted by molar-refractivity contribution is 4.88. The molecule has 0 spiro atoms. The van der Waals surface area contributed by atoms with Gasteiger partial charge in [0, 0.05) is 12.1 Å². The van der Waals surface area contributed by atoms with Gasteiger partial charge in [-0.1, -0.05) is 19.8 Å². The van der Waals surface area contributed by atoms with Crippen LogP contribution in [0.3, 0.4) is 0 Å². The highest BCUT2D eigenvalue weighted by Gasteiger charge is 2.32. The van der Waals surface area contributed by atoms with E-state index >= 15 is 0 Å². The first-order valence-electron chi connectivity index (χ1n) is 6.97. The molecular formula is C13H26N2O. The van der Waals surface area contributed by atoms with Crippen LogP contribution in [0.1, 0.15) is 45.4 Å². The largest absolute Gasteiger partial charge is 0.391 e. The second-order valence-corrected chi connectivity index (χ2v) is 5.23. The molecule has 1 saturated carbocycles. The van der Waals surface area contributed by atoms with Gasteiger partial charge < -0.3 is 10.4 Å². The van der Waals surface area contributed by atoms with Crippen LogP contribution >= 0.6 is 0 Å². The van der Waals surface area contributed by atoms with E-state index in [4.69, 9.17) is 0 Å². The van der Waals surface area contributed by atoms with Crippen molar-refractivity contribution < 1.29 is 5.11 Å². The van der Waals surface area contributed by atoms with E-state index in [0.29, 0.717) is 12.1 Å². The van der Waals surface area contributed by atoms with Crippen molar-refractivity contribution in [2.45, 2.75) is 63.6 Å². The molecule has 0 amide bonds. The van der Waals surface area contributed by atoms with Gasteiger partial charge in [-0.25, -0.2) is 0 Å². The highest BCUT2D eigenvalue weighted by atomic mass is 16.3. The zero-order chi connectivity index (χ0) is 11.4. The van der Waals surface area contributed by atoms with E-state index in [1.807, 2.05) is 0 Å². The summed E-state index contributed by atoms with van der Waals surface area (Å²) in [6.07, 6.45) is 7.12. The van der Waals surface area contributed by atoms with Gasteiger partial charge in [0.05, 0.1) is 6.10 Å². The third kappa shape index (κ3) is 2.76.